The molecule has 2 rings (SSSR count). The van der Waals surface area contributed by atoms with Crippen molar-refractivity contribution in [1.29, 1.82) is 0 Å². The molecule has 62 valence electrons. The van der Waals surface area contributed by atoms with Gasteiger partial charge in [-0.25, -0.2) is 0 Å². The maximum absolute atomic E-state index is 10.8. The van der Waals surface area contributed by atoms with Gasteiger partial charge in [-0.15, -0.1) is 0 Å². The Hall–Kier alpha value is 0.110. The molecule has 0 bridgehead atoms. The summed E-state index contributed by atoms with van der Waals surface area (Å²) in [6, 6.07) is 0. The lowest BCUT2D eigenvalue weighted by Crippen LogP contribution is -2.15. The van der Waals surface area contributed by atoms with Crippen LogP contribution in [0.2, 0.25) is 0 Å². The molecule has 1 heterocycles. The molecule has 1 saturated heterocycles. The lowest BCUT2D eigenvalue weighted by atomic mass is 10.0. The van der Waals surface area contributed by atoms with E-state index in [2.05, 4.69) is 15.9 Å². The number of hydrogen-bond acceptors (Lipinski definition) is 2. The standard InChI is InChI=1S/C8H11BrO2/c9-2-1-8(5-10)6-3-11-4-7(6)8/h5-7H,1-4H2. The topological polar surface area (TPSA) is 26.3 Å². The number of ether oxygens (including phenoxy) is 1. The molecule has 11 heavy (non-hydrogen) atoms. The molecule has 2 aliphatic rings. The quantitative estimate of drug-likeness (QED) is 0.527. The number of carbonyl (C=O) groups excluding carboxylic acids is 1. The van der Waals surface area contributed by atoms with Crippen molar-refractivity contribution in [2.45, 2.75) is 6.42 Å². The van der Waals surface area contributed by atoms with Gasteiger partial charge in [-0.3, -0.25) is 0 Å². The maximum Gasteiger partial charge on any atom is 0.126 e. The highest BCUT2D eigenvalue weighted by atomic mass is 79.9. The zero-order chi connectivity index (χ0) is 7.90. The van der Waals surface area contributed by atoms with Crippen molar-refractivity contribution in [2.75, 3.05) is 18.5 Å². The van der Waals surface area contributed by atoms with Crippen LogP contribution in [-0.4, -0.2) is 24.8 Å². The average molecular weight is 219 g/mol. The largest absolute Gasteiger partial charge is 0.381 e. The van der Waals surface area contributed by atoms with Crippen LogP contribution in [0.5, 0.6) is 0 Å². The number of fused-ring (bicyclic) bond motifs is 1. The van der Waals surface area contributed by atoms with Crippen LogP contribution in [-0.2, 0) is 9.53 Å². The normalized spacial score (nSPS) is 47.0. The Bertz CT molecular complexity index is 171. The van der Waals surface area contributed by atoms with Gasteiger partial charge in [0.1, 0.15) is 6.29 Å². The molecule has 2 unspecified atom stereocenters. The van der Waals surface area contributed by atoms with Crippen molar-refractivity contribution < 1.29 is 9.53 Å². The third kappa shape index (κ3) is 0.905. The minimum absolute atomic E-state index is 0.00174. The molecule has 0 aromatic heterocycles. The number of aldehydes is 1. The smallest absolute Gasteiger partial charge is 0.126 e. The van der Waals surface area contributed by atoms with Crippen LogP contribution < -0.4 is 0 Å². The lowest BCUT2D eigenvalue weighted by molar-refractivity contribution is -0.114. The second-order valence-corrected chi connectivity index (χ2v) is 4.21. The fourth-order valence-electron chi connectivity index (χ4n) is 2.26. The molecule has 2 nitrogen and oxygen atoms in total. The Morgan fingerprint density at radius 3 is 2.64 bits per heavy atom. The van der Waals surface area contributed by atoms with Gasteiger partial charge in [0.05, 0.1) is 13.2 Å². The summed E-state index contributed by atoms with van der Waals surface area (Å²) in [5, 5.41) is 0.929. The number of alkyl halides is 1. The molecule has 1 aliphatic carbocycles. The van der Waals surface area contributed by atoms with Crippen LogP contribution in [0.1, 0.15) is 6.42 Å². The second kappa shape index (κ2) is 2.56. The van der Waals surface area contributed by atoms with E-state index in [1.165, 1.54) is 0 Å². The Labute approximate surface area is 74.4 Å². The first-order valence-electron chi connectivity index (χ1n) is 3.95. The molecule has 2 atom stereocenters. The molecular weight excluding hydrogens is 208 g/mol. The van der Waals surface area contributed by atoms with E-state index in [1.807, 2.05) is 0 Å². The first-order valence-corrected chi connectivity index (χ1v) is 5.07. The van der Waals surface area contributed by atoms with Crippen LogP contribution in [0.3, 0.4) is 0 Å². The Balaban J connectivity index is 2.05. The van der Waals surface area contributed by atoms with Gasteiger partial charge in [0, 0.05) is 22.6 Å². The van der Waals surface area contributed by atoms with Gasteiger partial charge in [-0.05, 0) is 6.42 Å². The number of rotatable bonds is 3. The summed E-state index contributed by atoms with van der Waals surface area (Å²) < 4.78 is 5.24. The van der Waals surface area contributed by atoms with E-state index in [1.54, 1.807) is 0 Å². The van der Waals surface area contributed by atoms with E-state index in [9.17, 15) is 4.79 Å². The minimum Gasteiger partial charge on any atom is -0.381 e. The zero-order valence-electron chi connectivity index (χ0n) is 6.25. The van der Waals surface area contributed by atoms with E-state index in [0.717, 1.165) is 31.3 Å². The van der Waals surface area contributed by atoms with Gasteiger partial charge in [-0.2, -0.15) is 0 Å². The van der Waals surface area contributed by atoms with Gasteiger partial charge in [0.25, 0.3) is 0 Å². The molecule has 0 aromatic rings. The van der Waals surface area contributed by atoms with E-state index in [-0.39, 0.29) is 5.41 Å². The molecule has 1 saturated carbocycles. The second-order valence-electron chi connectivity index (χ2n) is 3.42. The van der Waals surface area contributed by atoms with Crippen LogP contribution in [0.15, 0.2) is 0 Å². The highest BCUT2D eigenvalue weighted by molar-refractivity contribution is 9.09. The number of carbonyl (C=O) groups is 1. The van der Waals surface area contributed by atoms with Crippen LogP contribution in [0.4, 0.5) is 0 Å². The maximum atomic E-state index is 10.8. The number of hydrogen-bond donors (Lipinski definition) is 0. The van der Waals surface area contributed by atoms with Crippen LogP contribution in [0, 0.1) is 17.3 Å². The van der Waals surface area contributed by atoms with Crippen LogP contribution in [0.25, 0.3) is 0 Å². The SMILES string of the molecule is O=CC1(CCBr)C2COCC21. The fraction of sp³-hybridized carbons (Fsp3) is 0.875. The van der Waals surface area contributed by atoms with Gasteiger partial charge < -0.3 is 9.53 Å². The predicted octanol–water partition coefficient (Wildman–Crippen LogP) is 1.23. The van der Waals surface area contributed by atoms with Gasteiger partial charge in [-0.1, -0.05) is 15.9 Å². The van der Waals surface area contributed by atoms with E-state index >= 15 is 0 Å². The zero-order valence-corrected chi connectivity index (χ0v) is 7.84. The highest BCUT2D eigenvalue weighted by Gasteiger charge is 2.66. The van der Waals surface area contributed by atoms with Crippen molar-refractivity contribution in [3.05, 3.63) is 0 Å². The summed E-state index contributed by atoms with van der Waals surface area (Å²) in [6.07, 6.45) is 2.13. The fourth-order valence-corrected chi connectivity index (χ4v) is 2.95. The Kier molecular flexibility index (Phi) is 1.80. The summed E-state index contributed by atoms with van der Waals surface area (Å²) in [6.45, 7) is 1.60. The van der Waals surface area contributed by atoms with Crippen molar-refractivity contribution in [2.24, 2.45) is 17.3 Å². The third-order valence-corrected chi connectivity index (χ3v) is 3.50. The molecular formula is C8H11BrO2. The van der Waals surface area contributed by atoms with Gasteiger partial charge in [0.2, 0.25) is 0 Å². The highest BCUT2D eigenvalue weighted by Crippen LogP contribution is 2.62. The summed E-state index contributed by atoms with van der Waals surface area (Å²) in [7, 11) is 0. The summed E-state index contributed by atoms with van der Waals surface area (Å²) in [4.78, 5) is 10.8. The summed E-state index contributed by atoms with van der Waals surface area (Å²) >= 11 is 3.37. The average Bonchev–Trinajstić information content (AvgIpc) is 2.49. The van der Waals surface area contributed by atoms with E-state index < -0.39 is 0 Å². The van der Waals surface area contributed by atoms with Crippen LogP contribution >= 0.6 is 15.9 Å². The molecule has 0 spiro atoms. The van der Waals surface area contributed by atoms with Crippen molar-refractivity contribution >= 4 is 22.2 Å². The summed E-state index contributed by atoms with van der Waals surface area (Å²) in [5.41, 5.74) is 0.00174. The van der Waals surface area contributed by atoms with Gasteiger partial charge in [0.15, 0.2) is 0 Å². The molecule has 0 aromatic carbocycles. The van der Waals surface area contributed by atoms with Crippen molar-refractivity contribution in [3.63, 3.8) is 0 Å². The number of halogens is 1. The molecule has 2 fully saturated rings. The van der Waals surface area contributed by atoms with Crippen molar-refractivity contribution in [1.82, 2.24) is 0 Å². The van der Waals surface area contributed by atoms with E-state index in [0.29, 0.717) is 11.8 Å². The molecule has 0 radical (unpaired) electrons. The van der Waals surface area contributed by atoms with Gasteiger partial charge >= 0.3 is 0 Å². The molecule has 0 amide bonds. The predicted molar refractivity (Wildman–Crippen MR) is 44.7 cm³/mol. The summed E-state index contributed by atoms with van der Waals surface area (Å²) in [5.74, 6) is 1.08. The molecule has 3 heteroatoms. The van der Waals surface area contributed by atoms with Crippen molar-refractivity contribution in [3.8, 4) is 0 Å². The lowest BCUT2D eigenvalue weighted by Gasteiger charge is -2.11. The Morgan fingerprint density at radius 1 is 1.55 bits per heavy atom. The first kappa shape index (κ1) is 7.74. The Morgan fingerprint density at radius 2 is 2.18 bits per heavy atom. The first-order chi connectivity index (χ1) is 5.35. The third-order valence-electron chi connectivity index (χ3n) is 3.10. The van der Waals surface area contributed by atoms with E-state index in [4.69, 9.17) is 4.74 Å². The molecule has 0 N–H and O–H groups in total. The molecule has 1 aliphatic heterocycles. The monoisotopic (exact) mass is 218 g/mol. The minimum atomic E-state index is 0.00174.